The number of nitrogens with one attached hydrogen (secondary N) is 3. The highest BCUT2D eigenvalue weighted by Crippen LogP contribution is 2.34. The standard InChI is InChI=1S/C23H34ClN5O2.CH2O2/c1-6-29(18-9-7-17(8-10-18)28(4)5)21-12-16(24)11-19(14(21)2)22(30)25-13-20-15(3)26-27-23(20)31;2-1-3/h11-12,17-18H,6-10,13H2,1-5H3,(H,25,30)(H2,26,27,31);1H,(H,2,3). The van der Waals surface area contributed by atoms with E-state index in [1.165, 1.54) is 12.8 Å². The third-order valence-corrected chi connectivity index (χ3v) is 6.81. The largest absolute Gasteiger partial charge is 0.483 e. The molecule has 3 rings (SSSR count). The molecule has 1 aliphatic rings. The molecule has 1 fully saturated rings. The summed E-state index contributed by atoms with van der Waals surface area (Å²) in [6.45, 7) is 6.70. The number of anilines is 1. The number of aromatic amines is 2. The van der Waals surface area contributed by atoms with Gasteiger partial charge < -0.3 is 25.3 Å². The number of carbonyl (C=O) groups excluding carboxylic acids is 1. The summed E-state index contributed by atoms with van der Waals surface area (Å²) in [4.78, 5) is 37.9. The van der Waals surface area contributed by atoms with Crippen molar-refractivity contribution in [2.24, 2.45) is 0 Å². The van der Waals surface area contributed by atoms with Crippen LogP contribution in [0.4, 0.5) is 5.69 Å². The fourth-order valence-electron chi connectivity index (χ4n) is 4.66. The summed E-state index contributed by atoms with van der Waals surface area (Å²) in [7, 11) is 4.30. The van der Waals surface area contributed by atoms with Gasteiger partial charge >= 0.3 is 0 Å². The average molecular weight is 494 g/mol. The Morgan fingerprint density at radius 2 is 1.76 bits per heavy atom. The van der Waals surface area contributed by atoms with E-state index in [2.05, 4.69) is 46.3 Å². The van der Waals surface area contributed by atoms with Crippen LogP contribution in [0.25, 0.3) is 0 Å². The normalized spacial score (nSPS) is 17.6. The highest BCUT2D eigenvalue weighted by Gasteiger charge is 2.28. The number of carbonyl (C=O) groups is 2. The van der Waals surface area contributed by atoms with Gasteiger partial charge in [-0.3, -0.25) is 19.5 Å². The summed E-state index contributed by atoms with van der Waals surface area (Å²) < 4.78 is 0. The number of aromatic nitrogens is 2. The molecule has 1 saturated carbocycles. The first-order chi connectivity index (χ1) is 16.1. The second kappa shape index (κ2) is 12.6. The number of benzene rings is 1. The number of halogens is 1. The molecule has 0 unspecified atom stereocenters. The third-order valence-electron chi connectivity index (χ3n) is 6.59. The summed E-state index contributed by atoms with van der Waals surface area (Å²) in [6, 6.07) is 4.75. The van der Waals surface area contributed by atoms with Crippen molar-refractivity contribution in [2.75, 3.05) is 25.5 Å². The summed E-state index contributed by atoms with van der Waals surface area (Å²) in [5, 5.41) is 15.6. The van der Waals surface area contributed by atoms with E-state index in [4.69, 9.17) is 21.5 Å². The van der Waals surface area contributed by atoms with Crippen LogP contribution in [0.5, 0.6) is 0 Å². The molecule has 0 aliphatic heterocycles. The van der Waals surface area contributed by atoms with Crippen molar-refractivity contribution in [1.29, 1.82) is 0 Å². The summed E-state index contributed by atoms with van der Waals surface area (Å²) in [5.41, 5.74) is 3.52. The van der Waals surface area contributed by atoms with Gasteiger partial charge in [-0.05, 0) is 78.2 Å². The van der Waals surface area contributed by atoms with Crippen LogP contribution in [0, 0.1) is 13.8 Å². The Morgan fingerprint density at radius 1 is 1.18 bits per heavy atom. The molecule has 1 heterocycles. The van der Waals surface area contributed by atoms with Crippen molar-refractivity contribution in [3.05, 3.63) is 49.9 Å². The minimum absolute atomic E-state index is 0.164. The Balaban J connectivity index is 0.00000129. The van der Waals surface area contributed by atoms with Crippen molar-refractivity contribution >= 4 is 29.7 Å². The van der Waals surface area contributed by atoms with Gasteiger partial charge in [0.1, 0.15) is 0 Å². The SMILES string of the molecule is CCN(c1cc(Cl)cc(C(=O)NCc2c(C)[nH][nH]c2=O)c1C)C1CCC(N(C)C)CC1.O=CO. The lowest BCUT2D eigenvalue weighted by Crippen LogP contribution is -2.42. The molecule has 1 aromatic carbocycles. The van der Waals surface area contributed by atoms with Gasteiger partial charge in [0.05, 0.1) is 12.1 Å². The highest BCUT2D eigenvalue weighted by molar-refractivity contribution is 6.31. The van der Waals surface area contributed by atoms with Gasteiger partial charge in [-0.25, -0.2) is 0 Å². The Morgan fingerprint density at radius 3 is 2.26 bits per heavy atom. The van der Waals surface area contributed by atoms with Crippen LogP contribution in [-0.2, 0) is 11.3 Å². The first kappa shape index (κ1) is 27.5. The average Bonchev–Trinajstić information content (AvgIpc) is 3.12. The van der Waals surface area contributed by atoms with Crippen molar-refractivity contribution in [2.45, 2.75) is 65.1 Å². The molecule has 0 radical (unpaired) electrons. The number of aryl methyl sites for hydroxylation is 1. The fraction of sp³-hybridized carbons (Fsp3) is 0.542. The molecule has 10 heteroatoms. The molecule has 188 valence electrons. The van der Waals surface area contributed by atoms with E-state index in [0.717, 1.165) is 36.3 Å². The van der Waals surface area contributed by atoms with Crippen LogP contribution >= 0.6 is 11.6 Å². The lowest BCUT2D eigenvalue weighted by atomic mass is 9.89. The van der Waals surface area contributed by atoms with Crippen molar-refractivity contribution in [3.8, 4) is 0 Å². The number of hydrogen-bond donors (Lipinski definition) is 4. The first-order valence-electron chi connectivity index (χ1n) is 11.5. The smallest absolute Gasteiger partial charge is 0.290 e. The number of amides is 1. The fourth-order valence-corrected chi connectivity index (χ4v) is 4.87. The Bertz CT molecular complexity index is 1020. The number of rotatable bonds is 7. The Hall–Kier alpha value is -2.78. The molecule has 1 aliphatic carbocycles. The van der Waals surface area contributed by atoms with Gasteiger partial charge in [0, 0.05) is 40.6 Å². The van der Waals surface area contributed by atoms with Crippen LogP contribution in [-0.4, -0.2) is 65.3 Å². The molecule has 4 N–H and O–H groups in total. The maximum absolute atomic E-state index is 13.0. The molecule has 0 bridgehead atoms. The maximum atomic E-state index is 13.0. The van der Waals surface area contributed by atoms with Crippen molar-refractivity contribution < 1.29 is 14.7 Å². The van der Waals surface area contributed by atoms with Gasteiger partial charge in [0.15, 0.2) is 0 Å². The van der Waals surface area contributed by atoms with Crippen molar-refractivity contribution in [3.63, 3.8) is 0 Å². The van der Waals surface area contributed by atoms with Gasteiger partial charge in [-0.2, -0.15) is 0 Å². The maximum Gasteiger partial charge on any atom is 0.290 e. The second-order valence-corrected chi connectivity index (χ2v) is 9.22. The summed E-state index contributed by atoms with van der Waals surface area (Å²) in [6.07, 6.45) is 4.59. The zero-order valence-corrected chi connectivity index (χ0v) is 21.3. The van der Waals surface area contributed by atoms with E-state index in [9.17, 15) is 9.59 Å². The highest BCUT2D eigenvalue weighted by atomic mass is 35.5. The molecule has 9 nitrogen and oxygen atoms in total. The van der Waals surface area contributed by atoms with Gasteiger partial charge in [-0.15, -0.1) is 0 Å². The second-order valence-electron chi connectivity index (χ2n) is 8.78. The van der Waals surface area contributed by atoms with E-state index in [-0.39, 0.29) is 24.5 Å². The van der Waals surface area contributed by atoms with Crippen LogP contribution in [0.1, 0.15) is 59.8 Å². The van der Waals surface area contributed by atoms with Crippen LogP contribution in [0.2, 0.25) is 5.02 Å². The lowest BCUT2D eigenvalue weighted by molar-refractivity contribution is -0.122. The topological polar surface area (TPSA) is 122 Å². The zero-order valence-electron chi connectivity index (χ0n) is 20.6. The zero-order chi connectivity index (χ0) is 25.4. The van der Waals surface area contributed by atoms with Gasteiger partial charge in [-0.1, -0.05) is 11.6 Å². The van der Waals surface area contributed by atoms with E-state index >= 15 is 0 Å². The monoisotopic (exact) mass is 493 g/mol. The van der Waals surface area contributed by atoms with E-state index in [0.29, 0.717) is 28.2 Å². The third kappa shape index (κ3) is 6.64. The van der Waals surface area contributed by atoms with Crippen LogP contribution in [0.3, 0.4) is 0 Å². The molecule has 0 atom stereocenters. The quantitative estimate of drug-likeness (QED) is 0.439. The Kier molecular flexibility index (Phi) is 10.2. The van der Waals surface area contributed by atoms with Gasteiger partial charge in [0.2, 0.25) is 0 Å². The number of H-pyrrole nitrogens is 2. The molecule has 34 heavy (non-hydrogen) atoms. The predicted octanol–water partition coefficient (Wildman–Crippen LogP) is 3.30. The van der Waals surface area contributed by atoms with E-state index in [1.54, 1.807) is 13.0 Å². The number of hydrogen-bond acceptors (Lipinski definition) is 5. The first-order valence-corrected chi connectivity index (χ1v) is 11.9. The Labute approximate surface area is 205 Å². The summed E-state index contributed by atoms with van der Waals surface area (Å²) >= 11 is 6.45. The van der Waals surface area contributed by atoms with Gasteiger partial charge in [0.25, 0.3) is 17.9 Å². The minimum Gasteiger partial charge on any atom is -0.483 e. The van der Waals surface area contributed by atoms with E-state index in [1.807, 2.05) is 13.0 Å². The lowest BCUT2D eigenvalue weighted by Gasteiger charge is -2.40. The molecule has 1 aromatic heterocycles. The van der Waals surface area contributed by atoms with Crippen LogP contribution in [0.15, 0.2) is 16.9 Å². The molecule has 2 aromatic rings. The molecular formula is C24H36ClN5O4. The molecule has 0 spiro atoms. The molecule has 1 amide bonds. The summed E-state index contributed by atoms with van der Waals surface area (Å²) in [5.74, 6) is -0.228. The number of nitrogens with zero attached hydrogens (tertiary/aromatic N) is 2. The predicted molar refractivity (Wildman–Crippen MR) is 135 cm³/mol. The molecular weight excluding hydrogens is 458 g/mol. The minimum atomic E-state index is -0.250. The van der Waals surface area contributed by atoms with Crippen molar-refractivity contribution in [1.82, 2.24) is 20.4 Å². The van der Waals surface area contributed by atoms with E-state index < -0.39 is 0 Å². The number of carboxylic acid groups (broad SMARTS) is 1. The van der Waals surface area contributed by atoms with Crippen LogP contribution < -0.4 is 15.8 Å². The molecule has 0 saturated heterocycles.